The van der Waals surface area contributed by atoms with Gasteiger partial charge in [-0.1, -0.05) is 15.9 Å². The Bertz CT molecular complexity index is 546. The van der Waals surface area contributed by atoms with Crippen molar-refractivity contribution in [2.45, 2.75) is 17.7 Å². The molecule has 0 aromatic heterocycles. The van der Waals surface area contributed by atoms with Crippen molar-refractivity contribution in [1.29, 1.82) is 0 Å². The summed E-state index contributed by atoms with van der Waals surface area (Å²) in [6.07, 6.45) is 0.989. The molecule has 1 heterocycles. The predicted molar refractivity (Wildman–Crippen MR) is 71.0 cm³/mol. The van der Waals surface area contributed by atoms with Crippen LogP contribution in [0.3, 0.4) is 0 Å². The van der Waals surface area contributed by atoms with Gasteiger partial charge in [0.15, 0.2) is 0 Å². The Morgan fingerprint density at radius 2 is 1.79 bits per heavy atom. The molecule has 0 N–H and O–H groups in total. The molecule has 0 atom stereocenters. The van der Waals surface area contributed by atoms with E-state index in [0.717, 1.165) is 4.47 Å². The quantitative estimate of drug-likeness (QED) is 0.782. The van der Waals surface area contributed by atoms with E-state index in [1.165, 1.54) is 12.1 Å². The molecule has 0 saturated carbocycles. The summed E-state index contributed by atoms with van der Waals surface area (Å²) in [5, 5.41) is 0. The van der Waals surface area contributed by atoms with Crippen molar-refractivity contribution < 1.29 is 22.1 Å². The minimum atomic E-state index is -4.04. The molecule has 0 bridgehead atoms. The van der Waals surface area contributed by atoms with E-state index in [1.807, 2.05) is 0 Å². The summed E-state index contributed by atoms with van der Waals surface area (Å²) < 4.78 is 34.3. The number of hydrogen-bond donors (Lipinski definition) is 0. The second kappa shape index (κ2) is 6.02. The topological polar surface area (TPSA) is 69.7 Å². The Morgan fingerprint density at radius 3 is 2.37 bits per heavy atom. The molecular weight excluding hydrogens is 336 g/mol. The second-order valence-electron chi connectivity index (χ2n) is 4.20. The maximum atomic E-state index is 11.9. The molecule has 2 rings (SSSR count). The first kappa shape index (κ1) is 14.5. The molecule has 19 heavy (non-hydrogen) atoms. The van der Waals surface area contributed by atoms with E-state index in [2.05, 4.69) is 20.1 Å². The minimum Gasteiger partial charge on any atom is -0.381 e. The van der Waals surface area contributed by atoms with Gasteiger partial charge in [-0.2, -0.15) is 8.42 Å². The Hall–Kier alpha value is -0.920. The average Bonchev–Trinajstić information content (AvgIpc) is 2.40. The third-order valence-corrected chi connectivity index (χ3v) is 4.61. The number of benzene rings is 1. The van der Waals surface area contributed by atoms with Crippen LogP contribution in [0.5, 0.6) is 0 Å². The minimum absolute atomic E-state index is 0.0314. The summed E-state index contributed by atoms with van der Waals surface area (Å²) in [7, 11) is -4.04. The van der Waals surface area contributed by atoms with Crippen molar-refractivity contribution in [3.05, 3.63) is 28.7 Å². The van der Waals surface area contributed by atoms with Crippen LogP contribution in [-0.4, -0.2) is 27.6 Å². The van der Waals surface area contributed by atoms with Crippen LogP contribution in [0.15, 0.2) is 33.6 Å². The summed E-state index contributed by atoms with van der Waals surface area (Å²) in [5.74, 6) is -1.11. The SMILES string of the molecule is O=C(OS(=O)(=O)c1ccc(Br)cc1)C1CCOCC1. The standard InChI is InChI=1S/C12H13BrO5S/c13-10-1-3-11(4-2-10)19(15,16)18-12(14)9-5-7-17-8-6-9/h1-4,9H,5-8H2. The molecule has 0 amide bonds. The zero-order valence-corrected chi connectivity index (χ0v) is 12.4. The number of ether oxygens (including phenoxy) is 1. The summed E-state index contributed by atoms with van der Waals surface area (Å²) >= 11 is 3.21. The Kier molecular flexibility index (Phi) is 4.59. The summed E-state index contributed by atoms with van der Waals surface area (Å²) in [4.78, 5) is 11.8. The molecule has 1 fully saturated rings. The van der Waals surface area contributed by atoms with Gasteiger partial charge in [-0.25, -0.2) is 0 Å². The van der Waals surface area contributed by atoms with E-state index in [9.17, 15) is 13.2 Å². The van der Waals surface area contributed by atoms with Crippen LogP contribution < -0.4 is 0 Å². The Balaban J connectivity index is 2.08. The van der Waals surface area contributed by atoms with Gasteiger partial charge in [-0.05, 0) is 37.1 Å². The van der Waals surface area contributed by atoms with Gasteiger partial charge >= 0.3 is 16.1 Å². The fraction of sp³-hybridized carbons (Fsp3) is 0.417. The first-order chi connectivity index (χ1) is 8.99. The highest BCUT2D eigenvalue weighted by Crippen LogP contribution is 2.21. The van der Waals surface area contributed by atoms with Crippen molar-refractivity contribution in [2.75, 3.05) is 13.2 Å². The molecule has 0 spiro atoms. The number of rotatable bonds is 3. The largest absolute Gasteiger partial charge is 0.381 e. The molecule has 0 aliphatic carbocycles. The predicted octanol–water partition coefficient (Wildman–Crippen LogP) is 2.11. The molecule has 0 unspecified atom stereocenters. The third-order valence-electron chi connectivity index (χ3n) is 2.85. The van der Waals surface area contributed by atoms with Crippen molar-refractivity contribution in [3.8, 4) is 0 Å². The molecule has 1 aliphatic heterocycles. The lowest BCUT2D eigenvalue weighted by atomic mass is 10.0. The molecule has 1 aromatic carbocycles. The van der Waals surface area contributed by atoms with Gasteiger partial charge in [0.2, 0.25) is 0 Å². The van der Waals surface area contributed by atoms with Crippen LogP contribution in [-0.2, 0) is 23.8 Å². The first-order valence-electron chi connectivity index (χ1n) is 5.81. The van der Waals surface area contributed by atoms with Crippen LogP contribution in [0, 0.1) is 5.92 Å². The smallest absolute Gasteiger partial charge is 0.341 e. The van der Waals surface area contributed by atoms with Crippen LogP contribution in [0.1, 0.15) is 12.8 Å². The highest BCUT2D eigenvalue weighted by molar-refractivity contribution is 9.10. The number of carbonyl (C=O) groups excluding carboxylic acids is 1. The molecule has 104 valence electrons. The molecule has 1 aliphatic rings. The number of carbonyl (C=O) groups is 1. The van der Waals surface area contributed by atoms with E-state index in [4.69, 9.17) is 4.74 Å². The van der Waals surface area contributed by atoms with Crippen LogP contribution in [0.4, 0.5) is 0 Å². The van der Waals surface area contributed by atoms with E-state index in [-0.39, 0.29) is 4.90 Å². The van der Waals surface area contributed by atoms with Gasteiger partial charge in [-0.3, -0.25) is 4.79 Å². The van der Waals surface area contributed by atoms with Gasteiger partial charge in [0.25, 0.3) is 0 Å². The average molecular weight is 349 g/mol. The summed E-state index contributed by atoms with van der Waals surface area (Å²) in [6.45, 7) is 0.913. The maximum Gasteiger partial charge on any atom is 0.341 e. The lowest BCUT2D eigenvalue weighted by Crippen LogP contribution is -2.27. The van der Waals surface area contributed by atoms with Crippen LogP contribution >= 0.6 is 15.9 Å². The third kappa shape index (κ3) is 3.77. The van der Waals surface area contributed by atoms with Crippen molar-refractivity contribution >= 4 is 32.0 Å². The lowest BCUT2D eigenvalue weighted by Gasteiger charge is -2.20. The van der Waals surface area contributed by atoms with Crippen LogP contribution in [0.2, 0.25) is 0 Å². The summed E-state index contributed by atoms with van der Waals surface area (Å²) in [5.41, 5.74) is 0. The molecule has 1 aromatic rings. The number of halogens is 1. The van der Waals surface area contributed by atoms with E-state index in [0.29, 0.717) is 26.1 Å². The van der Waals surface area contributed by atoms with Gasteiger partial charge in [0, 0.05) is 17.7 Å². The molecule has 5 nitrogen and oxygen atoms in total. The van der Waals surface area contributed by atoms with Crippen molar-refractivity contribution in [3.63, 3.8) is 0 Å². The molecule has 1 saturated heterocycles. The van der Waals surface area contributed by atoms with Gasteiger partial charge in [-0.15, -0.1) is 0 Å². The van der Waals surface area contributed by atoms with E-state index < -0.39 is 22.0 Å². The second-order valence-corrected chi connectivity index (χ2v) is 6.66. The normalized spacial score (nSPS) is 17.1. The first-order valence-corrected chi connectivity index (χ1v) is 8.01. The van der Waals surface area contributed by atoms with Gasteiger partial charge < -0.3 is 8.92 Å². The molecule has 0 radical (unpaired) electrons. The fourth-order valence-corrected chi connectivity index (χ4v) is 2.94. The maximum absolute atomic E-state index is 11.9. The molecule has 7 heteroatoms. The zero-order valence-electron chi connectivity index (χ0n) is 10.0. The molecular formula is C12H13BrO5S. The van der Waals surface area contributed by atoms with Crippen molar-refractivity contribution in [1.82, 2.24) is 0 Å². The monoisotopic (exact) mass is 348 g/mol. The highest BCUT2D eigenvalue weighted by Gasteiger charge is 2.28. The van der Waals surface area contributed by atoms with E-state index >= 15 is 0 Å². The van der Waals surface area contributed by atoms with Crippen molar-refractivity contribution in [2.24, 2.45) is 5.92 Å². The van der Waals surface area contributed by atoms with Gasteiger partial charge in [0.1, 0.15) is 4.90 Å². The van der Waals surface area contributed by atoms with Gasteiger partial charge in [0.05, 0.1) is 5.92 Å². The fourth-order valence-electron chi connectivity index (χ4n) is 1.76. The Morgan fingerprint density at radius 1 is 1.21 bits per heavy atom. The zero-order chi connectivity index (χ0) is 13.9. The lowest BCUT2D eigenvalue weighted by molar-refractivity contribution is -0.141. The highest BCUT2D eigenvalue weighted by atomic mass is 79.9. The number of hydrogen-bond acceptors (Lipinski definition) is 5. The Labute approximate surface area is 120 Å². The van der Waals surface area contributed by atoms with Crippen LogP contribution in [0.25, 0.3) is 0 Å². The summed E-state index contributed by atoms with van der Waals surface area (Å²) in [6, 6.07) is 5.93. The van der Waals surface area contributed by atoms with E-state index in [1.54, 1.807) is 12.1 Å².